The molecule has 0 aliphatic carbocycles. The van der Waals surface area contributed by atoms with Crippen molar-refractivity contribution in [1.82, 2.24) is 9.21 Å². The van der Waals surface area contributed by atoms with E-state index in [1.165, 1.54) is 10.4 Å². The predicted octanol–water partition coefficient (Wildman–Crippen LogP) is 2.72. The van der Waals surface area contributed by atoms with E-state index in [-0.39, 0.29) is 49.0 Å². The lowest BCUT2D eigenvalue weighted by Gasteiger charge is -2.37. The summed E-state index contributed by atoms with van der Waals surface area (Å²) in [5, 5.41) is 9.72. The van der Waals surface area contributed by atoms with E-state index in [1.807, 2.05) is 6.92 Å². The third kappa shape index (κ3) is 4.74. The van der Waals surface area contributed by atoms with Gasteiger partial charge in [0.1, 0.15) is 16.7 Å². The van der Waals surface area contributed by atoms with Crippen LogP contribution in [0.4, 0.5) is 0 Å². The van der Waals surface area contributed by atoms with E-state index in [0.717, 1.165) is 0 Å². The molecule has 3 atom stereocenters. The van der Waals surface area contributed by atoms with Crippen molar-refractivity contribution in [1.29, 1.82) is 0 Å². The smallest absolute Gasteiger partial charge is 0.253 e. The van der Waals surface area contributed by atoms with Crippen molar-refractivity contribution in [3.63, 3.8) is 0 Å². The molecule has 2 heterocycles. The van der Waals surface area contributed by atoms with E-state index >= 15 is 0 Å². The molecule has 0 aromatic heterocycles. The number of aliphatic hydroxyl groups is 1. The van der Waals surface area contributed by atoms with E-state index in [1.54, 1.807) is 49.2 Å². The van der Waals surface area contributed by atoms with E-state index in [4.69, 9.17) is 14.2 Å². The second-order valence-electron chi connectivity index (χ2n) is 8.58. The zero-order chi connectivity index (χ0) is 24.6. The molecular weight excluding hydrogens is 528 g/mol. The Labute approximate surface area is 207 Å². The van der Waals surface area contributed by atoms with Gasteiger partial charge in [0, 0.05) is 35.6 Å². The molecule has 2 aromatic carbocycles. The van der Waals surface area contributed by atoms with Gasteiger partial charge in [0.15, 0.2) is 11.5 Å². The molecule has 1 amide bonds. The van der Waals surface area contributed by atoms with Crippen molar-refractivity contribution >= 4 is 31.9 Å². The van der Waals surface area contributed by atoms with Crippen LogP contribution in [-0.2, 0) is 10.0 Å². The lowest BCUT2D eigenvalue weighted by atomic mass is 10.0. The van der Waals surface area contributed by atoms with Crippen LogP contribution in [0.3, 0.4) is 0 Å². The molecule has 34 heavy (non-hydrogen) atoms. The van der Waals surface area contributed by atoms with Gasteiger partial charge in [-0.05, 0) is 43.3 Å². The fourth-order valence-electron chi connectivity index (χ4n) is 4.02. The maximum absolute atomic E-state index is 13.4. The molecule has 2 aromatic rings. The Morgan fingerprint density at radius 3 is 2.68 bits per heavy atom. The van der Waals surface area contributed by atoms with Gasteiger partial charge in [-0.15, -0.1) is 0 Å². The summed E-state index contributed by atoms with van der Waals surface area (Å²) in [6.45, 7) is 3.70. The van der Waals surface area contributed by atoms with E-state index in [2.05, 4.69) is 15.9 Å². The molecule has 0 saturated carbocycles. The number of carbonyl (C=O) groups excluding carboxylic acids is 1. The first-order chi connectivity index (χ1) is 16.1. The Morgan fingerprint density at radius 1 is 1.21 bits per heavy atom. The molecule has 0 bridgehead atoms. The van der Waals surface area contributed by atoms with Gasteiger partial charge >= 0.3 is 0 Å². The third-order valence-corrected chi connectivity index (χ3v) is 8.56. The van der Waals surface area contributed by atoms with Gasteiger partial charge in [-0.3, -0.25) is 4.79 Å². The first-order valence-electron chi connectivity index (χ1n) is 10.9. The number of hydrogen-bond acceptors (Lipinski definition) is 7. The topological polar surface area (TPSA) is 106 Å². The number of ether oxygens (including phenoxy) is 3. The minimum Gasteiger partial charge on any atom is -0.487 e. The zero-order valence-electron chi connectivity index (χ0n) is 19.1. The number of hydrogen-bond donors (Lipinski definition) is 1. The summed E-state index contributed by atoms with van der Waals surface area (Å²) in [5.41, 5.74) is 0.450. The van der Waals surface area contributed by atoms with Crippen molar-refractivity contribution in [2.45, 2.75) is 30.9 Å². The minimum atomic E-state index is -3.90. The molecule has 4 rings (SSSR count). The van der Waals surface area contributed by atoms with Crippen LogP contribution in [0.1, 0.15) is 24.2 Å². The molecule has 9 nitrogen and oxygen atoms in total. The van der Waals surface area contributed by atoms with Gasteiger partial charge in [-0.1, -0.05) is 22.9 Å². The van der Waals surface area contributed by atoms with Crippen LogP contribution in [0.2, 0.25) is 0 Å². The fraction of sp³-hybridized carbons (Fsp3) is 0.435. The molecule has 2 aliphatic rings. The highest BCUT2D eigenvalue weighted by Crippen LogP contribution is 2.36. The molecule has 0 radical (unpaired) electrons. The van der Waals surface area contributed by atoms with E-state index < -0.39 is 22.2 Å². The summed E-state index contributed by atoms with van der Waals surface area (Å²) >= 11 is 3.38. The maximum Gasteiger partial charge on any atom is 0.253 e. The average molecular weight is 555 g/mol. The van der Waals surface area contributed by atoms with Crippen molar-refractivity contribution < 1.29 is 32.5 Å². The molecular formula is C23H27BrN2O7S. The van der Waals surface area contributed by atoms with Crippen LogP contribution >= 0.6 is 15.9 Å². The number of nitrogens with zero attached hydrogens (tertiary/aromatic N) is 2. The summed E-state index contributed by atoms with van der Waals surface area (Å²) in [6, 6.07) is 9.14. The summed E-state index contributed by atoms with van der Waals surface area (Å²) in [4.78, 5) is 14.7. The maximum atomic E-state index is 13.4. The Kier molecular flexibility index (Phi) is 7.09. The lowest BCUT2D eigenvalue weighted by Crippen LogP contribution is -2.50. The first kappa shape index (κ1) is 24.8. The average Bonchev–Trinajstić information content (AvgIpc) is 3.28. The van der Waals surface area contributed by atoms with E-state index in [0.29, 0.717) is 21.5 Å². The molecule has 11 heteroatoms. The van der Waals surface area contributed by atoms with Crippen LogP contribution in [0, 0.1) is 5.92 Å². The van der Waals surface area contributed by atoms with Gasteiger partial charge in [0.25, 0.3) is 5.91 Å². The molecule has 1 N–H and O–H groups in total. The molecule has 2 aliphatic heterocycles. The SMILES string of the molecule is C[C@@H]1CN([C@@H](C)CO)S(=O)(=O)c2ccc(Br)cc2O[C@H]1CN(C)C(=O)c1ccc2c(c1)OCO2. The normalized spacial score (nSPS) is 22.1. The number of rotatable bonds is 5. The largest absolute Gasteiger partial charge is 0.487 e. The number of likely N-dealkylation sites (N-methyl/N-ethyl adjacent to an activating group) is 1. The second kappa shape index (κ2) is 9.73. The molecule has 0 spiro atoms. The van der Waals surface area contributed by atoms with Crippen LogP contribution in [0.5, 0.6) is 17.2 Å². The summed E-state index contributed by atoms with van der Waals surface area (Å²) < 4.78 is 45.6. The third-order valence-electron chi connectivity index (χ3n) is 6.05. The van der Waals surface area contributed by atoms with Gasteiger partial charge in [0.05, 0.1) is 13.2 Å². The molecule has 0 saturated heterocycles. The summed E-state index contributed by atoms with van der Waals surface area (Å²) in [5.74, 6) is 0.817. The Hall–Kier alpha value is -2.34. The van der Waals surface area contributed by atoms with Crippen molar-refractivity contribution in [3.8, 4) is 17.2 Å². The quantitative estimate of drug-likeness (QED) is 0.605. The molecule has 0 unspecified atom stereocenters. The number of fused-ring (bicyclic) bond motifs is 2. The Balaban J connectivity index is 1.63. The van der Waals surface area contributed by atoms with Crippen molar-refractivity contribution in [2.75, 3.05) is 33.5 Å². The number of sulfonamides is 1. The fourth-order valence-corrected chi connectivity index (χ4v) is 6.19. The molecule has 184 valence electrons. The number of benzene rings is 2. The Morgan fingerprint density at radius 2 is 1.94 bits per heavy atom. The van der Waals surface area contributed by atoms with Crippen LogP contribution in [0.15, 0.2) is 45.8 Å². The number of amides is 1. The lowest BCUT2D eigenvalue weighted by molar-refractivity contribution is 0.0563. The van der Waals surface area contributed by atoms with Gasteiger partial charge in [-0.25, -0.2) is 8.42 Å². The predicted molar refractivity (Wildman–Crippen MR) is 128 cm³/mol. The highest BCUT2D eigenvalue weighted by Gasteiger charge is 2.38. The van der Waals surface area contributed by atoms with Crippen LogP contribution in [0.25, 0.3) is 0 Å². The van der Waals surface area contributed by atoms with Crippen molar-refractivity contribution in [2.24, 2.45) is 5.92 Å². The van der Waals surface area contributed by atoms with E-state index in [9.17, 15) is 18.3 Å². The van der Waals surface area contributed by atoms with Crippen LogP contribution in [-0.4, -0.2) is 74.3 Å². The monoisotopic (exact) mass is 554 g/mol. The Bertz CT molecular complexity index is 1190. The number of aliphatic hydroxyl groups excluding tert-OH is 1. The summed E-state index contributed by atoms with van der Waals surface area (Å²) in [7, 11) is -2.22. The highest BCUT2D eigenvalue weighted by molar-refractivity contribution is 9.10. The number of halogens is 1. The first-order valence-corrected chi connectivity index (χ1v) is 13.1. The van der Waals surface area contributed by atoms with Crippen molar-refractivity contribution in [3.05, 3.63) is 46.4 Å². The van der Waals surface area contributed by atoms with Gasteiger partial charge in [0.2, 0.25) is 16.8 Å². The summed E-state index contributed by atoms with van der Waals surface area (Å²) in [6.07, 6.45) is -0.500. The standard InChI is InChI=1S/C23H27BrN2O7S/c1-14-10-26(15(2)12-27)34(29,30)22-7-5-17(24)9-20(22)33-21(14)11-25(3)23(28)16-4-6-18-19(8-16)32-13-31-18/h4-9,14-15,21,27H,10-13H2,1-3H3/t14-,15+,21+/m1/s1. The van der Waals surface area contributed by atoms with Gasteiger partial charge < -0.3 is 24.2 Å². The van der Waals surface area contributed by atoms with Gasteiger partial charge in [-0.2, -0.15) is 4.31 Å². The highest BCUT2D eigenvalue weighted by atomic mass is 79.9. The molecule has 0 fully saturated rings. The number of carbonyl (C=O) groups is 1. The zero-order valence-corrected chi connectivity index (χ0v) is 21.5. The second-order valence-corrected chi connectivity index (χ2v) is 11.4. The van der Waals surface area contributed by atoms with Crippen LogP contribution < -0.4 is 14.2 Å². The minimum absolute atomic E-state index is 0.0256.